The molecule has 8 nitrogen and oxygen atoms in total. The molecule has 0 amide bonds. The second kappa shape index (κ2) is 9.37. The molecular weight excluding hydrogens is 437 g/mol. The summed E-state index contributed by atoms with van der Waals surface area (Å²) in [7, 11) is 3.58. The Morgan fingerprint density at radius 3 is 2.80 bits per heavy atom. The van der Waals surface area contributed by atoms with E-state index in [4.69, 9.17) is 9.47 Å². The van der Waals surface area contributed by atoms with Gasteiger partial charge < -0.3 is 19.7 Å². The molecule has 2 rings (SSSR count). The zero-order chi connectivity index (χ0) is 17.7. The van der Waals surface area contributed by atoms with E-state index in [2.05, 4.69) is 20.3 Å². The number of aromatic nitrogens is 2. The van der Waals surface area contributed by atoms with Crippen molar-refractivity contribution in [2.24, 2.45) is 12.0 Å². The maximum atomic E-state index is 11.9. The van der Waals surface area contributed by atoms with Gasteiger partial charge in [0.25, 0.3) is 0 Å². The molecule has 1 N–H and O–H groups in total. The average molecular weight is 465 g/mol. The van der Waals surface area contributed by atoms with Crippen LogP contribution >= 0.6 is 24.0 Å². The number of rotatable bonds is 3. The number of guanidine groups is 1. The number of hydrogen-bond acceptors (Lipinski definition) is 5. The molecule has 142 valence electrons. The number of carbonyl (C=O) groups is 1. The molecule has 1 saturated heterocycles. The summed E-state index contributed by atoms with van der Waals surface area (Å²) in [6, 6.07) is 0. The van der Waals surface area contributed by atoms with Crippen molar-refractivity contribution in [3.8, 4) is 0 Å². The van der Waals surface area contributed by atoms with E-state index in [-0.39, 0.29) is 42.6 Å². The molecular formula is C16H28IN5O3. The van der Waals surface area contributed by atoms with Gasteiger partial charge >= 0.3 is 5.97 Å². The second-order valence-corrected chi connectivity index (χ2v) is 6.74. The second-order valence-electron chi connectivity index (χ2n) is 6.74. The molecule has 1 aliphatic heterocycles. The largest absolute Gasteiger partial charge is 0.459 e. The van der Waals surface area contributed by atoms with Gasteiger partial charge in [0.05, 0.1) is 19.3 Å². The van der Waals surface area contributed by atoms with Crippen LogP contribution < -0.4 is 5.32 Å². The Morgan fingerprint density at radius 2 is 2.24 bits per heavy atom. The molecule has 2 heterocycles. The Labute approximate surface area is 166 Å². The molecule has 0 bridgehead atoms. The van der Waals surface area contributed by atoms with Crippen LogP contribution in [0.25, 0.3) is 0 Å². The van der Waals surface area contributed by atoms with Crippen LogP contribution in [0.5, 0.6) is 0 Å². The van der Waals surface area contributed by atoms with Crippen LogP contribution in [-0.2, 0) is 21.3 Å². The predicted octanol–water partition coefficient (Wildman–Crippen LogP) is 1.33. The summed E-state index contributed by atoms with van der Waals surface area (Å²) in [5.74, 6) is 0.360. The Balaban J connectivity index is 0.00000312. The van der Waals surface area contributed by atoms with E-state index in [9.17, 15) is 4.79 Å². The lowest BCUT2D eigenvalue weighted by Crippen LogP contribution is -2.49. The predicted molar refractivity (Wildman–Crippen MR) is 106 cm³/mol. The number of esters is 1. The van der Waals surface area contributed by atoms with E-state index in [1.54, 1.807) is 11.7 Å². The molecule has 1 aromatic rings. The van der Waals surface area contributed by atoms with Crippen LogP contribution in [0, 0.1) is 0 Å². The number of nitrogens with zero attached hydrogens (tertiary/aromatic N) is 4. The molecule has 0 saturated carbocycles. The van der Waals surface area contributed by atoms with Crippen molar-refractivity contribution >= 4 is 35.9 Å². The van der Waals surface area contributed by atoms with Gasteiger partial charge in [-0.05, 0) is 20.8 Å². The van der Waals surface area contributed by atoms with Gasteiger partial charge in [0, 0.05) is 32.4 Å². The fourth-order valence-electron chi connectivity index (χ4n) is 2.51. The van der Waals surface area contributed by atoms with Crippen molar-refractivity contribution in [3.63, 3.8) is 0 Å². The van der Waals surface area contributed by atoms with Crippen molar-refractivity contribution in [1.82, 2.24) is 20.0 Å². The van der Waals surface area contributed by atoms with Crippen LogP contribution in [0.15, 0.2) is 17.4 Å². The highest BCUT2D eigenvalue weighted by atomic mass is 127. The molecule has 0 radical (unpaired) electrons. The summed E-state index contributed by atoms with van der Waals surface area (Å²) in [5, 5.41) is 7.25. The lowest BCUT2D eigenvalue weighted by atomic mass is 10.1. The first-order valence-electron chi connectivity index (χ1n) is 8.06. The molecule has 1 atom stereocenters. The Hall–Kier alpha value is -1.36. The highest BCUT2D eigenvalue weighted by Crippen LogP contribution is 2.21. The Bertz CT molecular complexity index is 597. The van der Waals surface area contributed by atoms with Gasteiger partial charge in [-0.15, -0.1) is 24.0 Å². The fourth-order valence-corrected chi connectivity index (χ4v) is 2.51. The molecule has 0 aliphatic carbocycles. The minimum atomic E-state index is -0.493. The van der Waals surface area contributed by atoms with Crippen molar-refractivity contribution in [2.75, 3.05) is 33.3 Å². The number of halogens is 1. The third-order valence-corrected chi connectivity index (χ3v) is 3.49. The van der Waals surface area contributed by atoms with Gasteiger partial charge in [0.2, 0.25) is 0 Å². The lowest BCUT2D eigenvalue weighted by Gasteiger charge is -2.34. The number of carbonyl (C=O) groups excluding carboxylic acids is 1. The van der Waals surface area contributed by atoms with E-state index in [0.717, 1.165) is 5.56 Å². The van der Waals surface area contributed by atoms with E-state index in [1.807, 2.05) is 40.2 Å². The van der Waals surface area contributed by atoms with Gasteiger partial charge in [-0.3, -0.25) is 14.5 Å². The topological polar surface area (TPSA) is 81.0 Å². The molecule has 25 heavy (non-hydrogen) atoms. The first-order valence-corrected chi connectivity index (χ1v) is 8.06. The van der Waals surface area contributed by atoms with Gasteiger partial charge in [-0.1, -0.05) is 0 Å². The molecule has 1 aliphatic rings. The quantitative estimate of drug-likeness (QED) is 0.314. The molecule has 9 heteroatoms. The summed E-state index contributed by atoms with van der Waals surface area (Å²) < 4.78 is 12.9. The number of aryl methyl sites for hydroxylation is 1. The first kappa shape index (κ1) is 21.7. The third-order valence-electron chi connectivity index (χ3n) is 3.49. The number of nitrogens with one attached hydrogen (secondary N) is 1. The minimum absolute atomic E-state index is 0. The third kappa shape index (κ3) is 6.81. The molecule has 0 spiro atoms. The molecule has 1 aromatic heterocycles. The first-order chi connectivity index (χ1) is 11.3. The minimum Gasteiger partial charge on any atom is -0.459 e. The highest BCUT2D eigenvalue weighted by Gasteiger charge is 2.25. The normalized spacial score (nSPS) is 18.5. The van der Waals surface area contributed by atoms with E-state index >= 15 is 0 Å². The summed E-state index contributed by atoms with van der Waals surface area (Å²) in [6.45, 7) is 7.58. The Kier molecular flexibility index (Phi) is 8.13. The van der Waals surface area contributed by atoms with Crippen LogP contribution in [0.2, 0.25) is 0 Å². The van der Waals surface area contributed by atoms with Crippen LogP contribution in [0.4, 0.5) is 0 Å². The number of hydrogen-bond donors (Lipinski definition) is 1. The van der Waals surface area contributed by atoms with E-state index in [0.29, 0.717) is 25.7 Å². The van der Waals surface area contributed by atoms with Crippen molar-refractivity contribution in [1.29, 1.82) is 0 Å². The van der Waals surface area contributed by atoms with Crippen molar-refractivity contribution in [3.05, 3.63) is 18.0 Å². The van der Waals surface area contributed by atoms with Gasteiger partial charge in [-0.2, -0.15) is 5.10 Å². The maximum Gasteiger partial charge on any atom is 0.325 e. The maximum absolute atomic E-state index is 11.9. The van der Waals surface area contributed by atoms with E-state index < -0.39 is 5.60 Å². The van der Waals surface area contributed by atoms with E-state index in [1.165, 1.54) is 0 Å². The average Bonchev–Trinajstić information content (AvgIpc) is 2.93. The van der Waals surface area contributed by atoms with Crippen molar-refractivity contribution in [2.45, 2.75) is 32.5 Å². The van der Waals surface area contributed by atoms with Gasteiger partial charge in [0.15, 0.2) is 5.96 Å². The van der Waals surface area contributed by atoms with Gasteiger partial charge in [-0.25, -0.2) is 0 Å². The summed E-state index contributed by atoms with van der Waals surface area (Å²) in [6.07, 6.45) is 3.70. The van der Waals surface area contributed by atoms with Crippen LogP contribution in [-0.4, -0.2) is 65.5 Å². The van der Waals surface area contributed by atoms with Crippen LogP contribution in [0.3, 0.4) is 0 Å². The number of ether oxygens (including phenoxy) is 2. The lowest BCUT2D eigenvalue weighted by molar-refractivity contribution is -0.153. The molecule has 1 unspecified atom stereocenters. The smallest absolute Gasteiger partial charge is 0.325 e. The fraction of sp³-hybridized carbons (Fsp3) is 0.688. The summed E-state index contributed by atoms with van der Waals surface area (Å²) >= 11 is 0. The standard InChI is InChI=1S/C16H27N5O3.HI/c1-16(2,3)24-14(22)9-18-15(17-4)21-6-7-23-13(11-21)12-8-19-20(5)10-12;/h8,10,13H,6-7,9,11H2,1-5H3,(H,17,18);1H. The summed E-state index contributed by atoms with van der Waals surface area (Å²) in [4.78, 5) is 18.2. The number of aliphatic imine (C=N–C) groups is 1. The van der Waals surface area contributed by atoms with Crippen LogP contribution in [0.1, 0.15) is 32.4 Å². The number of morpholine rings is 1. The Morgan fingerprint density at radius 1 is 1.52 bits per heavy atom. The van der Waals surface area contributed by atoms with Crippen molar-refractivity contribution < 1.29 is 14.3 Å². The highest BCUT2D eigenvalue weighted by molar-refractivity contribution is 14.0. The molecule has 0 aromatic carbocycles. The SMILES string of the molecule is CN=C(NCC(=O)OC(C)(C)C)N1CCOC(c2cnn(C)c2)C1.I. The molecule has 1 fully saturated rings. The monoisotopic (exact) mass is 465 g/mol. The zero-order valence-corrected chi connectivity index (χ0v) is 17.8. The van der Waals surface area contributed by atoms with Gasteiger partial charge in [0.1, 0.15) is 18.2 Å². The summed E-state index contributed by atoms with van der Waals surface area (Å²) in [5.41, 5.74) is 0.539. The zero-order valence-electron chi connectivity index (χ0n) is 15.5.